The van der Waals surface area contributed by atoms with Crippen molar-refractivity contribution < 1.29 is 29.4 Å². The van der Waals surface area contributed by atoms with E-state index in [1.54, 1.807) is 0 Å². The molecule has 0 bridgehead atoms. The van der Waals surface area contributed by atoms with Crippen molar-refractivity contribution in [2.75, 3.05) is 24.4 Å². The smallest absolute Gasteiger partial charge is 0.327 e. The molecule has 12 heteroatoms. The number of aliphatic hydroxyl groups excluding tert-OH is 1. The van der Waals surface area contributed by atoms with E-state index in [9.17, 15) is 19.2 Å². The minimum atomic E-state index is -1.23. The lowest BCUT2D eigenvalue weighted by molar-refractivity contribution is -0.141. The highest BCUT2D eigenvalue weighted by Gasteiger charge is 2.30. The lowest BCUT2D eigenvalue weighted by Gasteiger charge is -2.25. The zero-order valence-corrected chi connectivity index (χ0v) is 18.6. The summed E-state index contributed by atoms with van der Waals surface area (Å²) in [5.41, 5.74) is 5.48. The van der Waals surface area contributed by atoms with Gasteiger partial charge in [-0.2, -0.15) is 24.4 Å². The van der Waals surface area contributed by atoms with Crippen LogP contribution in [0.25, 0.3) is 0 Å². The average molecular weight is 453 g/mol. The second-order valence-electron chi connectivity index (χ2n) is 6.90. The number of aliphatic hydroxyl groups is 1. The first-order chi connectivity index (χ1) is 13.6. The molecule has 0 aliphatic heterocycles. The number of thioether (sulfide) groups is 1. The lowest BCUT2D eigenvalue weighted by atomic mass is 10.0. The fraction of sp³-hybridized carbons (Fsp3) is 0.765. The van der Waals surface area contributed by atoms with Gasteiger partial charge in [0.2, 0.25) is 17.7 Å². The Balaban J connectivity index is 5.31. The van der Waals surface area contributed by atoms with Crippen LogP contribution < -0.4 is 21.7 Å². The third-order valence-corrected chi connectivity index (χ3v) is 4.92. The van der Waals surface area contributed by atoms with Crippen molar-refractivity contribution in [3.8, 4) is 0 Å². The highest BCUT2D eigenvalue weighted by molar-refractivity contribution is 7.98. The molecule has 29 heavy (non-hydrogen) atoms. The first kappa shape index (κ1) is 27.5. The Labute approximate surface area is 180 Å². The van der Waals surface area contributed by atoms with Crippen LogP contribution in [0.1, 0.15) is 26.7 Å². The Morgan fingerprint density at radius 2 is 1.52 bits per heavy atom. The molecule has 0 aliphatic rings. The van der Waals surface area contributed by atoms with E-state index in [1.165, 1.54) is 11.8 Å². The third kappa shape index (κ3) is 10.7. The molecule has 168 valence electrons. The van der Waals surface area contributed by atoms with Crippen LogP contribution in [0.3, 0.4) is 0 Å². The van der Waals surface area contributed by atoms with Crippen LogP contribution in [-0.2, 0) is 19.2 Å². The lowest BCUT2D eigenvalue weighted by Crippen LogP contribution is -2.58. The largest absolute Gasteiger partial charge is 0.480 e. The normalized spacial score (nSPS) is 15.1. The van der Waals surface area contributed by atoms with Crippen LogP contribution >= 0.6 is 24.4 Å². The van der Waals surface area contributed by atoms with Gasteiger partial charge in [0.15, 0.2) is 0 Å². The quantitative estimate of drug-likeness (QED) is 0.157. The summed E-state index contributed by atoms with van der Waals surface area (Å²) in [6.07, 6.45) is 2.41. The van der Waals surface area contributed by atoms with E-state index in [0.29, 0.717) is 12.2 Å². The number of carboxylic acid groups (broad SMARTS) is 1. The van der Waals surface area contributed by atoms with Crippen LogP contribution in [-0.4, -0.2) is 82.4 Å². The van der Waals surface area contributed by atoms with Crippen molar-refractivity contribution in [2.24, 2.45) is 11.7 Å². The Hall–Kier alpha value is -1.50. The maximum atomic E-state index is 12.7. The van der Waals surface area contributed by atoms with Gasteiger partial charge in [0.05, 0.1) is 6.61 Å². The van der Waals surface area contributed by atoms with Crippen LogP contribution in [0.15, 0.2) is 0 Å². The van der Waals surface area contributed by atoms with Crippen molar-refractivity contribution in [3.63, 3.8) is 0 Å². The molecule has 0 aromatic rings. The molecule has 4 atom stereocenters. The number of thiol groups is 1. The van der Waals surface area contributed by atoms with Crippen molar-refractivity contribution in [1.29, 1.82) is 0 Å². The molecule has 0 aromatic heterocycles. The van der Waals surface area contributed by atoms with Gasteiger partial charge >= 0.3 is 5.97 Å². The Kier molecular flexibility index (Phi) is 13.7. The predicted octanol–water partition coefficient (Wildman–Crippen LogP) is -1.43. The van der Waals surface area contributed by atoms with Crippen LogP contribution in [0.4, 0.5) is 0 Å². The van der Waals surface area contributed by atoms with Gasteiger partial charge in [-0.05, 0) is 30.8 Å². The summed E-state index contributed by atoms with van der Waals surface area (Å²) >= 11 is 5.38. The van der Waals surface area contributed by atoms with Gasteiger partial charge < -0.3 is 31.9 Å². The molecule has 0 aliphatic carbocycles. The van der Waals surface area contributed by atoms with E-state index < -0.39 is 54.5 Å². The molecular formula is C17H32N4O6S2. The van der Waals surface area contributed by atoms with Gasteiger partial charge in [-0.15, -0.1) is 0 Å². The highest BCUT2D eigenvalue weighted by Crippen LogP contribution is 2.08. The van der Waals surface area contributed by atoms with Crippen LogP contribution in [0.5, 0.6) is 0 Å². The first-order valence-corrected chi connectivity index (χ1v) is 11.2. The molecule has 0 aromatic carbocycles. The molecule has 0 spiro atoms. The van der Waals surface area contributed by atoms with Crippen molar-refractivity contribution in [1.82, 2.24) is 16.0 Å². The standard InChI is InChI=1S/C17H32N4O6S2/c1-9(2)6-12(16(25)21-13(8-28)17(26)27)20-15(24)11(4-5-29-3)19-14(23)10(18)7-22/h9-13,22,28H,4-8,18H2,1-3H3,(H,19,23)(H,20,24)(H,21,25)(H,26,27). The summed E-state index contributed by atoms with van der Waals surface area (Å²) in [5, 5.41) is 25.5. The molecule has 3 amide bonds. The van der Waals surface area contributed by atoms with Gasteiger partial charge in [-0.1, -0.05) is 13.8 Å². The number of carbonyl (C=O) groups is 4. The van der Waals surface area contributed by atoms with Crippen LogP contribution in [0.2, 0.25) is 0 Å². The van der Waals surface area contributed by atoms with Crippen molar-refractivity contribution in [3.05, 3.63) is 0 Å². The Bertz CT molecular complexity index is 564. The molecule has 0 saturated carbocycles. The molecule has 7 N–H and O–H groups in total. The summed E-state index contributed by atoms with van der Waals surface area (Å²) in [6.45, 7) is 3.14. The number of amides is 3. The first-order valence-electron chi connectivity index (χ1n) is 9.17. The van der Waals surface area contributed by atoms with E-state index in [-0.39, 0.29) is 18.1 Å². The molecule has 0 radical (unpaired) electrons. The van der Waals surface area contributed by atoms with Crippen molar-refractivity contribution >= 4 is 48.1 Å². The fourth-order valence-corrected chi connectivity index (χ4v) is 3.02. The summed E-state index contributed by atoms with van der Waals surface area (Å²) in [7, 11) is 0. The van der Waals surface area contributed by atoms with Gasteiger partial charge in [-0.25, -0.2) is 4.79 Å². The monoisotopic (exact) mass is 452 g/mol. The highest BCUT2D eigenvalue weighted by atomic mass is 32.2. The number of nitrogens with one attached hydrogen (secondary N) is 3. The summed E-state index contributed by atoms with van der Waals surface area (Å²) < 4.78 is 0. The summed E-state index contributed by atoms with van der Waals surface area (Å²) in [5.74, 6) is -2.65. The van der Waals surface area contributed by atoms with Gasteiger partial charge in [0, 0.05) is 5.75 Å². The molecule has 0 fully saturated rings. The number of carbonyl (C=O) groups excluding carboxylic acids is 3. The zero-order valence-electron chi connectivity index (χ0n) is 16.9. The third-order valence-electron chi connectivity index (χ3n) is 3.91. The summed E-state index contributed by atoms with van der Waals surface area (Å²) in [4.78, 5) is 48.4. The second kappa shape index (κ2) is 14.5. The van der Waals surface area contributed by atoms with Gasteiger partial charge in [-0.3, -0.25) is 14.4 Å². The topological polar surface area (TPSA) is 171 Å². The van der Waals surface area contributed by atoms with E-state index in [2.05, 4.69) is 28.6 Å². The SMILES string of the molecule is CSCCC(NC(=O)C(N)CO)C(=O)NC(CC(C)C)C(=O)NC(CS)C(=O)O. The van der Waals surface area contributed by atoms with Gasteiger partial charge in [0.25, 0.3) is 0 Å². The molecule has 4 unspecified atom stereocenters. The molecule has 0 saturated heterocycles. The minimum absolute atomic E-state index is 0.0346. The number of hydrogen-bond donors (Lipinski definition) is 7. The fourth-order valence-electron chi connectivity index (χ4n) is 2.30. The molecule has 0 rings (SSSR count). The van der Waals surface area contributed by atoms with E-state index in [4.69, 9.17) is 15.9 Å². The summed E-state index contributed by atoms with van der Waals surface area (Å²) in [6, 6.07) is -4.28. The molecular weight excluding hydrogens is 420 g/mol. The predicted molar refractivity (Wildman–Crippen MR) is 115 cm³/mol. The van der Waals surface area contributed by atoms with Crippen LogP contribution in [0, 0.1) is 5.92 Å². The number of rotatable bonds is 14. The second-order valence-corrected chi connectivity index (χ2v) is 8.26. The van der Waals surface area contributed by atoms with E-state index >= 15 is 0 Å². The zero-order chi connectivity index (χ0) is 22.6. The number of nitrogens with two attached hydrogens (primary N) is 1. The number of hydrogen-bond acceptors (Lipinski definition) is 8. The van der Waals surface area contributed by atoms with E-state index in [1.807, 2.05) is 20.1 Å². The van der Waals surface area contributed by atoms with Gasteiger partial charge in [0.1, 0.15) is 24.2 Å². The number of carboxylic acids is 1. The Morgan fingerprint density at radius 3 is 1.97 bits per heavy atom. The average Bonchev–Trinajstić information content (AvgIpc) is 2.66. The van der Waals surface area contributed by atoms with E-state index in [0.717, 1.165) is 0 Å². The Morgan fingerprint density at radius 1 is 1.00 bits per heavy atom. The maximum absolute atomic E-state index is 12.7. The molecule has 0 heterocycles. The van der Waals surface area contributed by atoms with Crippen molar-refractivity contribution in [2.45, 2.75) is 50.9 Å². The molecule has 10 nitrogen and oxygen atoms in total. The minimum Gasteiger partial charge on any atom is -0.480 e. The number of aliphatic carboxylic acids is 1. The maximum Gasteiger partial charge on any atom is 0.327 e.